The van der Waals surface area contributed by atoms with E-state index in [9.17, 15) is 5.11 Å². The van der Waals surface area contributed by atoms with E-state index < -0.39 is 11.4 Å². The van der Waals surface area contributed by atoms with Gasteiger partial charge in [0.25, 0.3) is 0 Å². The van der Waals surface area contributed by atoms with Gasteiger partial charge >= 0.3 is 0 Å². The summed E-state index contributed by atoms with van der Waals surface area (Å²) in [7, 11) is 0. The molecule has 3 aliphatic heterocycles. The van der Waals surface area contributed by atoms with Crippen molar-refractivity contribution in [2.45, 2.75) is 43.7 Å². The minimum absolute atomic E-state index is 0.0381. The van der Waals surface area contributed by atoms with Gasteiger partial charge in [0.1, 0.15) is 5.60 Å². The monoisotopic (exact) mass is 266 g/mol. The predicted octanol–water partition coefficient (Wildman–Crippen LogP) is 1.79. The number of allylic oxidation sites excluding steroid dienone is 4. The van der Waals surface area contributed by atoms with E-state index in [1.54, 1.807) is 0 Å². The van der Waals surface area contributed by atoms with Crippen LogP contribution in [0.5, 0.6) is 0 Å². The fourth-order valence-corrected chi connectivity index (χ4v) is 3.54. The van der Waals surface area contributed by atoms with E-state index in [4.69, 9.17) is 14.2 Å². The smallest absolute Gasteiger partial charge is 0.176 e. The second kappa shape index (κ2) is 5.02. The summed E-state index contributed by atoms with van der Waals surface area (Å²) in [6, 6.07) is 0. The van der Waals surface area contributed by atoms with Crippen LogP contribution in [0.25, 0.3) is 0 Å². The van der Waals surface area contributed by atoms with Crippen molar-refractivity contribution in [3.05, 3.63) is 24.3 Å². The normalized spacial score (nSPS) is 45.4. The third kappa shape index (κ3) is 2.17. The van der Waals surface area contributed by atoms with Gasteiger partial charge in [0.05, 0.1) is 31.8 Å². The van der Waals surface area contributed by atoms with Gasteiger partial charge in [0.2, 0.25) is 0 Å². The summed E-state index contributed by atoms with van der Waals surface area (Å²) >= 11 is 0. The van der Waals surface area contributed by atoms with Gasteiger partial charge in [-0.05, 0) is 19.8 Å². The average Bonchev–Trinajstić information content (AvgIpc) is 2.91. The Balaban J connectivity index is 1.71. The summed E-state index contributed by atoms with van der Waals surface area (Å²) in [5, 5.41) is 10.6. The van der Waals surface area contributed by atoms with E-state index in [0.29, 0.717) is 19.8 Å². The van der Waals surface area contributed by atoms with Crippen molar-refractivity contribution in [1.82, 2.24) is 0 Å². The molecule has 1 N–H and O–H groups in total. The first kappa shape index (κ1) is 13.3. The highest BCUT2D eigenvalue weighted by molar-refractivity contribution is 5.11. The number of aliphatic hydroxyl groups is 1. The van der Waals surface area contributed by atoms with E-state index in [1.165, 1.54) is 0 Å². The summed E-state index contributed by atoms with van der Waals surface area (Å²) in [6.07, 6.45) is 10.7. The van der Waals surface area contributed by atoms with Crippen molar-refractivity contribution in [2.24, 2.45) is 5.92 Å². The molecule has 0 spiro atoms. The van der Waals surface area contributed by atoms with Crippen LogP contribution in [0.4, 0.5) is 0 Å². The minimum atomic E-state index is -0.849. The summed E-state index contributed by atoms with van der Waals surface area (Å²) in [6.45, 7) is 3.35. The molecule has 0 saturated carbocycles. The zero-order valence-corrected chi connectivity index (χ0v) is 11.4. The molecule has 3 aliphatic rings. The van der Waals surface area contributed by atoms with E-state index in [1.807, 2.05) is 25.2 Å². The molecule has 3 fully saturated rings. The molecule has 0 radical (unpaired) electrons. The third-order valence-corrected chi connectivity index (χ3v) is 4.39. The Labute approximate surface area is 114 Å². The van der Waals surface area contributed by atoms with E-state index >= 15 is 0 Å². The SMILES string of the molecule is CC=CC=CCCC12OCCC3OCC(O)(CO1)C32. The molecule has 3 saturated heterocycles. The lowest BCUT2D eigenvalue weighted by Crippen LogP contribution is -2.52. The Morgan fingerprint density at radius 1 is 1.26 bits per heavy atom. The van der Waals surface area contributed by atoms with Gasteiger partial charge < -0.3 is 19.3 Å². The van der Waals surface area contributed by atoms with Crippen LogP contribution in [0.3, 0.4) is 0 Å². The molecule has 0 aliphatic carbocycles. The molecule has 106 valence electrons. The predicted molar refractivity (Wildman–Crippen MR) is 70.6 cm³/mol. The molecule has 4 unspecified atom stereocenters. The fourth-order valence-electron chi connectivity index (χ4n) is 3.54. The van der Waals surface area contributed by atoms with Gasteiger partial charge in [0.15, 0.2) is 5.79 Å². The van der Waals surface area contributed by atoms with Crippen LogP contribution in [-0.2, 0) is 14.2 Å². The maximum atomic E-state index is 10.6. The first-order valence-electron chi connectivity index (χ1n) is 7.10. The van der Waals surface area contributed by atoms with Gasteiger partial charge in [-0.1, -0.05) is 24.3 Å². The lowest BCUT2D eigenvalue weighted by atomic mass is 9.78. The minimum Gasteiger partial charge on any atom is -0.384 e. The van der Waals surface area contributed by atoms with Gasteiger partial charge in [-0.25, -0.2) is 0 Å². The molecule has 4 atom stereocenters. The second-order valence-electron chi connectivity index (χ2n) is 5.66. The Bertz CT molecular complexity index is 392. The van der Waals surface area contributed by atoms with Crippen molar-refractivity contribution in [3.63, 3.8) is 0 Å². The number of hydrogen-bond acceptors (Lipinski definition) is 4. The lowest BCUT2D eigenvalue weighted by Gasteiger charge is -2.41. The van der Waals surface area contributed by atoms with Crippen molar-refractivity contribution in [1.29, 1.82) is 0 Å². The fraction of sp³-hybridized carbons (Fsp3) is 0.733. The maximum Gasteiger partial charge on any atom is 0.176 e. The van der Waals surface area contributed by atoms with Crippen molar-refractivity contribution >= 4 is 0 Å². The molecule has 0 aromatic heterocycles. The van der Waals surface area contributed by atoms with Crippen LogP contribution in [-0.4, -0.2) is 42.4 Å². The molecule has 0 aromatic carbocycles. The highest BCUT2D eigenvalue weighted by atomic mass is 16.7. The first-order valence-corrected chi connectivity index (χ1v) is 7.10. The summed E-state index contributed by atoms with van der Waals surface area (Å²) in [5.74, 6) is -0.682. The van der Waals surface area contributed by atoms with Gasteiger partial charge in [-0.2, -0.15) is 0 Å². The second-order valence-corrected chi connectivity index (χ2v) is 5.66. The molecule has 4 heteroatoms. The van der Waals surface area contributed by atoms with Crippen LogP contribution in [0.1, 0.15) is 26.2 Å². The van der Waals surface area contributed by atoms with Crippen LogP contribution in [0.2, 0.25) is 0 Å². The van der Waals surface area contributed by atoms with Crippen LogP contribution in [0.15, 0.2) is 24.3 Å². The first-order chi connectivity index (χ1) is 9.20. The standard InChI is InChI=1S/C15H22O4/c1-2-3-4-5-6-8-15-13-12(7-9-18-15)17-10-14(13,16)11-19-15/h2-5,12-13,16H,6-11H2,1H3. The topological polar surface area (TPSA) is 47.9 Å². The van der Waals surface area contributed by atoms with E-state index in [0.717, 1.165) is 19.3 Å². The third-order valence-electron chi connectivity index (χ3n) is 4.39. The zero-order chi connectivity index (χ0) is 13.3. The summed E-state index contributed by atoms with van der Waals surface area (Å²) in [5.41, 5.74) is -0.849. The quantitative estimate of drug-likeness (QED) is 0.788. The van der Waals surface area contributed by atoms with Crippen LogP contribution >= 0.6 is 0 Å². The van der Waals surface area contributed by atoms with E-state index in [2.05, 4.69) is 6.08 Å². The Morgan fingerprint density at radius 2 is 2.16 bits per heavy atom. The largest absolute Gasteiger partial charge is 0.384 e. The molecule has 3 rings (SSSR count). The van der Waals surface area contributed by atoms with Gasteiger partial charge in [-0.3, -0.25) is 0 Å². The van der Waals surface area contributed by atoms with E-state index in [-0.39, 0.29) is 12.0 Å². The molecular formula is C15H22O4. The Kier molecular flexibility index (Phi) is 3.52. The number of hydrogen-bond donors (Lipinski definition) is 1. The molecule has 0 aromatic rings. The van der Waals surface area contributed by atoms with Crippen molar-refractivity contribution < 1.29 is 19.3 Å². The lowest BCUT2D eigenvalue weighted by molar-refractivity contribution is -0.269. The Morgan fingerprint density at radius 3 is 3.00 bits per heavy atom. The van der Waals surface area contributed by atoms with Crippen molar-refractivity contribution in [3.8, 4) is 0 Å². The molecule has 0 amide bonds. The highest BCUT2D eigenvalue weighted by Gasteiger charge is 2.66. The molecule has 3 heterocycles. The van der Waals surface area contributed by atoms with Crippen LogP contribution in [0, 0.1) is 5.92 Å². The number of rotatable bonds is 4. The van der Waals surface area contributed by atoms with Crippen LogP contribution < -0.4 is 0 Å². The van der Waals surface area contributed by atoms with Crippen molar-refractivity contribution in [2.75, 3.05) is 19.8 Å². The average molecular weight is 266 g/mol. The molecular weight excluding hydrogens is 244 g/mol. The molecule has 4 nitrogen and oxygen atoms in total. The summed E-state index contributed by atoms with van der Waals surface area (Å²) in [4.78, 5) is 0. The highest BCUT2D eigenvalue weighted by Crippen LogP contribution is 2.52. The van der Waals surface area contributed by atoms with Gasteiger partial charge in [0, 0.05) is 6.42 Å². The molecule has 19 heavy (non-hydrogen) atoms. The summed E-state index contributed by atoms with van der Waals surface area (Å²) < 4.78 is 17.5. The Hall–Kier alpha value is -0.680. The number of ether oxygens (including phenoxy) is 3. The maximum absolute atomic E-state index is 10.6. The van der Waals surface area contributed by atoms with Gasteiger partial charge in [-0.15, -0.1) is 0 Å². The molecule has 0 bridgehead atoms. The zero-order valence-electron chi connectivity index (χ0n) is 11.4.